The Bertz CT molecular complexity index is 645. The Morgan fingerprint density at radius 1 is 1.26 bits per heavy atom. The molecule has 0 bridgehead atoms. The van der Waals surface area contributed by atoms with Gasteiger partial charge in [-0.2, -0.15) is 0 Å². The van der Waals surface area contributed by atoms with Gasteiger partial charge in [-0.05, 0) is 36.8 Å². The highest BCUT2D eigenvalue weighted by Gasteiger charge is 2.21. The minimum atomic E-state index is -0.290. The smallest absolute Gasteiger partial charge is 0.340 e. The zero-order valence-corrected chi connectivity index (χ0v) is 13.3. The maximum atomic E-state index is 12.5. The molecule has 0 spiro atoms. The normalized spacial score (nSPS) is 14.7. The van der Waals surface area contributed by atoms with Crippen molar-refractivity contribution in [2.75, 3.05) is 37.8 Å². The van der Waals surface area contributed by atoms with Crippen molar-refractivity contribution >= 4 is 11.7 Å². The summed E-state index contributed by atoms with van der Waals surface area (Å²) >= 11 is 0. The molecule has 5 heteroatoms. The first-order valence-corrected chi connectivity index (χ1v) is 7.97. The molecule has 2 aromatic rings. The van der Waals surface area contributed by atoms with Crippen LogP contribution < -0.4 is 4.90 Å². The number of carbonyl (C=O) groups excluding carboxylic acids is 1. The number of benzene rings is 1. The first kappa shape index (κ1) is 15.6. The van der Waals surface area contributed by atoms with Crippen molar-refractivity contribution in [3.8, 4) is 11.3 Å². The lowest BCUT2D eigenvalue weighted by atomic mass is 10.1. The second kappa shape index (κ2) is 7.33. The Morgan fingerprint density at radius 3 is 2.78 bits per heavy atom. The van der Waals surface area contributed by atoms with Crippen molar-refractivity contribution < 1.29 is 18.7 Å². The summed E-state index contributed by atoms with van der Waals surface area (Å²) < 4.78 is 16.2. The Balaban J connectivity index is 1.95. The van der Waals surface area contributed by atoms with E-state index in [0.29, 0.717) is 25.4 Å². The summed E-state index contributed by atoms with van der Waals surface area (Å²) in [5.74, 6) is 0.449. The molecule has 0 aliphatic carbocycles. The lowest BCUT2D eigenvalue weighted by Crippen LogP contribution is -2.37. The molecule has 2 heterocycles. The van der Waals surface area contributed by atoms with Crippen LogP contribution in [0, 0.1) is 0 Å². The number of carbonyl (C=O) groups is 1. The van der Waals surface area contributed by atoms with Crippen LogP contribution in [-0.4, -0.2) is 38.9 Å². The van der Waals surface area contributed by atoms with Gasteiger partial charge in [-0.1, -0.05) is 6.92 Å². The highest BCUT2D eigenvalue weighted by atomic mass is 16.5. The largest absolute Gasteiger partial charge is 0.464 e. The zero-order valence-electron chi connectivity index (χ0n) is 13.3. The van der Waals surface area contributed by atoms with Crippen LogP contribution in [0.3, 0.4) is 0 Å². The summed E-state index contributed by atoms with van der Waals surface area (Å²) in [5.41, 5.74) is 2.34. The molecule has 0 unspecified atom stereocenters. The highest BCUT2D eigenvalue weighted by Crippen LogP contribution is 2.29. The van der Waals surface area contributed by atoms with E-state index in [-0.39, 0.29) is 5.97 Å². The Morgan fingerprint density at radius 2 is 2.09 bits per heavy atom. The summed E-state index contributed by atoms with van der Waals surface area (Å²) in [6.07, 6.45) is 2.43. The maximum absolute atomic E-state index is 12.5. The molecule has 0 radical (unpaired) electrons. The number of hydrogen-bond donors (Lipinski definition) is 0. The molecule has 1 saturated heterocycles. The molecule has 0 saturated carbocycles. The van der Waals surface area contributed by atoms with Crippen LogP contribution in [0.1, 0.15) is 23.7 Å². The molecular formula is C18H21NO4. The van der Waals surface area contributed by atoms with Gasteiger partial charge in [0.1, 0.15) is 5.76 Å². The first-order chi connectivity index (χ1) is 11.3. The SMILES string of the molecule is CCCOC(=O)c1cc(-c2ccco2)ccc1N1CCOCC1. The summed E-state index contributed by atoms with van der Waals surface area (Å²) in [4.78, 5) is 14.6. The van der Waals surface area contributed by atoms with Crippen LogP contribution in [-0.2, 0) is 9.47 Å². The van der Waals surface area contributed by atoms with Crippen LogP contribution >= 0.6 is 0 Å². The van der Waals surface area contributed by atoms with Crippen molar-refractivity contribution in [3.63, 3.8) is 0 Å². The maximum Gasteiger partial charge on any atom is 0.340 e. The number of anilines is 1. The topological polar surface area (TPSA) is 51.9 Å². The number of esters is 1. The first-order valence-electron chi connectivity index (χ1n) is 7.97. The molecule has 0 amide bonds. The number of furan rings is 1. The lowest BCUT2D eigenvalue weighted by Gasteiger charge is -2.30. The molecular weight excluding hydrogens is 294 g/mol. The Hall–Kier alpha value is -2.27. The standard InChI is InChI=1S/C18H21NO4/c1-2-9-23-18(20)15-13-14(17-4-3-10-22-17)5-6-16(15)19-7-11-21-12-8-19/h3-6,10,13H,2,7-9,11-12H2,1H3. The van der Waals surface area contributed by atoms with Crippen molar-refractivity contribution in [3.05, 3.63) is 42.2 Å². The van der Waals surface area contributed by atoms with Crippen LogP contribution in [0.15, 0.2) is 41.0 Å². The number of rotatable bonds is 5. The lowest BCUT2D eigenvalue weighted by molar-refractivity contribution is 0.0505. The van der Waals surface area contributed by atoms with E-state index in [9.17, 15) is 4.79 Å². The third kappa shape index (κ3) is 3.56. The van der Waals surface area contributed by atoms with E-state index in [1.165, 1.54) is 0 Å². The van der Waals surface area contributed by atoms with Gasteiger partial charge in [-0.3, -0.25) is 0 Å². The van der Waals surface area contributed by atoms with Gasteiger partial charge in [0.15, 0.2) is 0 Å². The average molecular weight is 315 g/mol. The molecule has 0 atom stereocenters. The van der Waals surface area contributed by atoms with Crippen LogP contribution in [0.4, 0.5) is 5.69 Å². The van der Waals surface area contributed by atoms with Gasteiger partial charge < -0.3 is 18.8 Å². The van der Waals surface area contributed by atoms with Crippen molar-refractivity contribution in [1.29, 1.82) is 0 Å². The van der Waals surface area contributed by atoms with E-state index >= 15 is 0 Å². The Labute approximate surface area is 135 Å². The van der Waals surface area contributed by atoms with Gasteiger partial charge in [0.25, 0.3) is 0 Å². The second-order valence-electron chi connectivity index (χ2n) is 5.44. The van der Waals surface area contributed by atoms with Gasteiger partial charge in [-0.25, -0.2) is 4.79 Å². The zero-order chi connectivity index (χ0) is 16.1. The van der Waals surface area contributed by atoms with Gasteiger partial charge in [0.05, 0.1) is 37.3 Å². The third-order valence-corrected chi connectivity index (χ3v) is 3.81. The minimum absolute atomic E-state index is 0.290. The Kier molecular flexibility index (Phi) is 4.98. The van der Waals surface area contributed by atoms with Crippen molar-refractivity contribution in [2.45, 2.75) is 13.3 Å². The van der Waals surface area contributed by atoms with Crippen LogP contribution in [0.5, 0.6) is 0 Å². The van der Waals surface area contributed by atoms with Gasteiger partial charge in [-0.15, -0.1) is 0 Å². The number of morpholine rings is 1. The summed E-state index contributed by atoms with van der Waals surface area (Å²) in [6, 6.07) is 9.50. The molecule has 1 aliphatic heterocycles. The number of nitrogens with zero attached hydrogens (tertiary/aromatic N) is 1. The minimum Gasteiger partial charge on any atom is -0.464 e. The van der Waals surface area contributed by atoms with E-state index in [1.807, 2.05) is 37.3 Å². The van der Waals surface area contributed by atoms with Crippen LogP contribution in [0.2, 0.25) is 0 Å². The quantitative estimate of drug-likeness (QED) is 0.792. The van der Waals surface area contributed by atoms with Gasteiger partial charge in [0.2, 0.25) is 0 Å². The second-order valence-corrected chi connectivity index (χ2v) is 5.44. The molecule has 1 aromatic heterocycles. The summed E-state index contributed by atoms with van der Waals surface area (Å²) in [6.45, 7) is 5.29. The molecule has 3 rings (SSSR count). The fraction of sp³-hybridized carbons (Fsp3) is 0.389. The molecule has 5 nitrogen and oxygen atoms in total. The van der Waals surface area contributed by atoms with Crippen molar-refractivity contribution in [1.82, 2.24) is 0 Å². The number of ether oxygens (including phenoxy) is 2. The van der Waals surface area contributed by atoms with E-state index in [1.54, 1.807) is 6.26 Å². The van der Waals surface area contributed by atoms with E-state index in [4.69, 9.17) is 13.9 Å². The highest BCUT2D eigenvalue weighted by molar-refractivity contribution is 5.97. The van der Waals surface area contributed by atoms with Gasteiger partial charge >= 0.3 is 5.97 Å². The van der Waals surface area contributed by atoms with Crippen LogP contribution in [0.25, 0.3) is 11.3 Å². The van der Waals surface area contributed by atoms with Gasteiger partial charge in [0, 0.05) is 18.7 Å². The number of hydrogen-bond acceptors (Lipinski definition) is 5. The predicted molar refractivity (Wildman–Crippen MR) is 87.7 cm³/mol. The third-order valence-electron chi connectivity index (χ3n) is 3.81. The molecule has 23 heavy (non-hydrogen) atoms. The monoisotopic (exact) mass is 315 g/mol. The molecule has 1 aliphatic rings. The molecule has 122 valence electrons. The summed E-state index contributed by atoms with van der Waals surface area (Å²) in [5, 5.41) is 0. The average Bonchev–Trinajstić information content (AvgIpc) is 3.14. The predicted octanol–water partition coefficient (Wildman–Crippen LogP) is 3.35. The molecule has 1 aromatic carbocycles. The molecule has 1 fully saturated rings. The van der Waals surface area contributed by atoms with E-state index in [2.05, 4.69) is 4.90 Å². The fourth-order valence-electron chi connectivity index (χ4n) is 2.65. The summed E-state index contributed by atoms with van der Waals surface area (Å²) in [7, 11) is 0. The van der Waals surface area contributed by atoms with E-state index in [0.717, 1.165) is 36.5 Å². The molecule has 0 N–H and O–H groups in total. The van der Waals surface area contributed by atoms with E-state index < -0.39 is 0 Å². The van der Waals surface area contributed by atoms with Crippen molar-refractivity contribution in [2.24, 2.45) is 0 Å². The fourth-order valence-corrected chi connectivity index (χ4v) is 2.65.